The van der Waals surface area contributed by atoms with Crippen LogP contribution in [0.2, 0.25) is 0 Å². The first-order valence-electron chi connectivity index (χ1n) is 10.9. The monoisotopic (exact) mass is 475 g/mol. The summed E-state index contributed by atoms with van der Waals surface area (Å²) in [5, 5.41) is 2.71. The number of likely N-dealkylation sites (N-methyl/N-ethyl adjacent to an activating group) is 1. The molecule has 1 N–H and O–H groups in total. The lowest BCUT2D eigenvalue weighted by Gasteiger charge is -2.35. The fourth-order valence-corrected chi connectivity index (χ4v) is 5.29. The summed E-state index contributed by atoms with van der Waals surface area (Å²) in [6, 6.07) is 9.54. The number of halogens is 1. The zero-order valence-electron chi connectivity index (χ0n) is 19.3. The van der Waals surface area contributed by atoms with Crippen molar-refractivity contribution in [1.29, 1.82) is 0 Å². The van der Waals surface area contributed by atoms with Crippen molar-refractivity contribution in [2.24, 2.45) is 11.8 Å². The molecule has 1 aliphatic rings. The fourth-order valence-electron chi connectivity index (χ4n) is 4.16. The second-order valence-corrected chi connectivity index (χ2v) is 11.0. The number of piperidine rings is 1. The molecule has 0 radical (unpaired) electrons. The molecule has 1 fully saturated rings. The van der Waals surface area contributed by atoms with Gasteiger partial charge in [-0.1, -0.05) is 19.9 Å². The van der Waals surface area contributed by atoms with Gasteiger partial charge in [-0.3, -0.25) is 9.59 Å². The number of nitrogens with zero attached hydrogens (tertiary/aromatic N) is 2. The molecule has 2 aromatic rings. The maximum absolute atomic E-state index is 13.1. The summed E-state index contributed by atoms with van der Waals surface area (Å²) in [4.78, 5) is 27.4. The van der Waals surface area contributed by atoms with Crippen molar-refractivity contribution in [3.8, 4) is 0 Å². The number of amides is 2. The van der Waals surface area contributed by atoms with E-state index in [0.717, 1.165) is 40.6 Å². The lowest BCUT2D eigenvalue weighted by atomic mass is 9.91. The van der Waals surface area contributed by atoms with Crippen molar-refractivity contribution in [2.45, 2.75) is 32.1 Å². The summed E-state index contributed by atoms with van der Waals surface area (Å²) < 4.78 is 39.3. The number of benzene rings is 2. The molecule has 7 nitrogen and oxygen atoms in total. The van der Waals surface area contributed by atoms with E-state index in [4.69, 9.17) is 0 Å². The van der Waals surface area contributed by atoms with Gasteiger partial charge in [0.05, 0.1) is 11.4 Å². The van der Waals surface area contributed by atoms with E-state index in [-0.39, 0.29) is 10.8 Å². The SMILES string of the molecule is Cc1ccc(C(=O)N2CC(C)CC(C)C2)cc1NC(=O)CN(C)S(=O)(=O)c1ccc(F)cc1. The number of sulfonamides is 1. The van der Waals surface area contributed by atoms with Gasteiger partial charge in [0.2, 0.25) is 15.9 Å². The smallest absolute Gasteiger partial charge is 0.253 e. The van der Waals surface area contributed by atoms with E-state index in [9.17, 15) is 22.4 Å². The van der Waals surface area contributed by atoms with Gasteiger partial charge in [-0.25, -0.2) is 12.8 Å². The molecular weight excluding hydrogens is 445 g/mol. The van der Waals surface area contributed by atoms with Crippen LogP contribution in [0.15, 0.2) is 47.4 Å². The van der Waals surface area contributed by atoms with E-state index in [1.165, 1.54) is 7.05 Å². The van der Waals surface area contributed by atoms with E-state index in [1.807, 2.05) is 4.90 Å². The van der Waals surface area contributed by atoms with Crippen LogP contribution in [0.3, 0.4) is 0 Å². The second-order valence-electron chi connectivity index (χ2n) is 8.95. The number of nitrogens with one attached hydrogen (secondary N) is 1. The number of likely N-dealkylation sites (tertiary alicyclic amines) is 1. The van der Waals surface area contributed by atoms with Crippen molar-refractivity contribution in [2.75, 3.05) is 32.0 Å². The largest absolute Gasteiger partial charge is 0.338 e. The Labute approximate surface area is 194 Å². The maximum Gasteiger partial charge on any atom is 0.253 e. The average Bonchev–Trinajstić information content (AvgIpc) is 2.74. The highest BCUT2D eigenvalue weighted by atomic mass is 32.2. The zero-order valence-corrected chi connectivity index (χ0v) is 20.2. The maximum atomic E-state index is 13.1. The molecule has 1 aliphatic heterocycles. The van der Waals surface area contributed by atoms with Crippen LogP contribution < -0.4 is 5.32 Å². The zero-order chi connectivity index (χ0) is 24.3. The van der Waals surface area contributed by atoms with E-state index < -0.39 is 28.3 Å². The number of carbonyl (C=O) groups is 2. The predicted octanol–water partition coefficient (Wildman–Crippen LogP) is 3.51. The van der Waals surface area contributed by atoms with Gasteiger partial charge in [0.15, 0.2) is 0 Å². The molecule has 9 heteroatoms. The Hall–Kier alpha value is -2.78. The summed E-state index contributed by atoms with van der Waals surface area (Å²) in [7, 11) is -2.67. The number of carbonyl (C=O) groups excluding carboxylic acids is 2. The van der Waals surface area contributed by atoms with Gasteiger partial charge in [-0.2, -0.15) is 4.31 Å². The topological polar surface area (TPSA) is 86.8 Å². The fraction of sp³-hybridized carbons (Fsp3) is 0.417. The third-order valence-electron chi connectivity index (χ3n) is 5.80. The molecule has 2 amide bonds. The van der Waals surface area contributed by atoms with Gasteiger partial charge in [-0.15, -0.1) is 0 Å². The Morgan fingerprint density at radius 2 is 1.70 bits per heavy atom. The quantitative estimate of drug-likeness (QED) is 0.693. The molecule has 2 aromatic carbocycles. The van der Waals surface area contributed by atoms with Gasteiger partial charge in [0.25, 0.3) is 5.91 Å². The Morgan fingerprint density at radius 1 is 1.09 bits per heavy atom. The Balaban J connectivity index is 1.70. The normalized spacial score (nSPS) is 18.9. The van der Waals surface area contributed by atoms with Gasteiger partial charge < -0.3 is 10.2 Å². The third kappa shape index (κ3) is 5.97. The Bertz CT molecular complexity index is 1120. The van der Waals surface area contributed by atoms with E-state index in [1.54, 1.807) is 25.1 Å². The van der Waals surface area contributed by atoms with Gasteiger partial charge >= 0.3 is 0 Å². The highest BCUT2D eigenvalue weighted by Crippen LogP contribution is 2.24. The lowest BCUT2D eigenvalue weighted by Crippen LogP contribution is -2.42. The van der Waals surface area contributed by atoms with E-state index >= 15 is 0 Å². The third-order valence-corrected chi connectivity index (χ3v) is 7.62. The molecule has 1 heterocycles. The van der Waals surface area contributed by atoms with Crippen molar-refractivity contribution in [3.63, 3.8) is 0 Å². The van der Waals surface area contributed by atoms with Crippen molar-refractivity contribution >= 4 is 27.5 Å². The summed E-state index contributed by atoms with van der Waals surface area (Å²) in [5.74, 6) is -0.314. The number of hydrogen-bond donors (Lipinski definition) is 1. The first-order chi connectivity index (χ1) is 15.5. The molecule has 0 aliphatic carbocycles. The molecule has 33 heavy (non-hydrogen) atoms. The minimum Gasteiger partial charge on any atom is -0.338 e. The van der Waals surface area contributed by atoms with Crippen LogP contribution in [-0.4, -0.2) is 56.1 Å². The van der Waals surface area contributed by atoms with E-state index in [0.29, 0.717) is 36.2 Å². The minimum atomic E-state index is -3.95. The first kappa shape index (κ1) is 24.9. The molecular formula is C24H30FN3O4S. The van der Waals surface area contributed by atoms with Crippen molar-refractivity contribution in [3.05, 3.63) is 59.4 Å². The van der Waals surface area contributed by atoms with Gasteiger partial charge in [0.1, 0.15) is 5.82 Å². The number of rotatable bonds is 6. The molecule has 2 unspecified atom stereocenters. The molecule has 0 aromatic heterocycles. The molecule has 1 saturated heterocycles. The highest BCUT2D eigenvalue weighted by molar-refractivity contribution is 7.89. The number of hydrogen-bond acceptors (Lipinski definition) is 4. The first-order valence-corrected chi connectivity index (χ1v) is 12.3. The summed E-state index contributed by atoms with van der Waals surface area (Å²) in [6.45, 7) is 7.03. The molecule has 178 valence electrons. The molecule has 0 spiro atoms. The Kier molecular flexibility index (Phi) is 7.54. The van der Waals surface area contributed by atoms with Crippen LogP contribution in [0.1, 0.15) is 36.2 Å². The summed E-state index contributed by atoms with van der Waals surface area (Å²) >= 11 is 0. The van der Waals surface area contributed by atoms with Crippen LogP contribution >= 0.6 is 0 Å². The number of anilines is 1. The minimum absolute atomic E-state index is 0.0834. The molecule has 0 bridgehead atoms. The molecule has 3 rings (SSSR count). The van der Waals surface area contributed by atoms with E-state index in [2.05, 4.69) is 19.2 Å². The standard InChI is InChI=1S/C24H30FN3O4S/c1-16-11-17(2)14-28(13-16)24(30)19-6-5-18(3)22(12-19)26-23(29)15-27(4)33(31,32)21-9-7-20(25)8-10-21/h5-10,12,16-17H,11,13-15H2,1-4H3,(H,26,29). The van der Waals surface area contributed by atoms with Crippen LogP contribution in [0.25, 0.3) is 0 Å². The van der Waals surface area contributed by atoms with Gasteiger partial charge in [-0.05, 0) is 67.1 Å². The second kappa shape index (κ2) is 10.0. The lowest BCUT2D eigenvalue weighted by molar-refractivity contribution is -0.116. The molecule has 0 saturated carbocycles. The van der Waals surface area contributed by atoms with Crippen LogP contribution in [-0.2, 0) is 14.8 Å². The summed E-state index contributed by atoms with van der Waals surface area (Å²) in [5.41, 5.74) is 1.69. The highest BCUT2D eigenvalue weighted by Gasteiger charge is 2.27. The predicted molar refractivity (Wildman–Crippen MR) is 125 cm³/mol. The van der Waals surface area contributed by atoms with Crippen molar-refractivity contribution in [1.82, 2.24) is 9.21 Å². The van der Waals surface area contributed by atoms with Crippen LogP contribution in [0, 0.1) is 24.6 Å². The number of aryl methyl sites for hydroxylation is 1. The van der Waals surface area contributed by atoms with Crippen LogP contribution in [0.5, 0.6) is 0 Å². The Morgan fingerprint density at radius 3 is 2.30 bits per heavy atom. The van der Waals surface area contributed by atoms with Crippen LogP contribution in [0.4, 0.5) is 10.1 Å². The van der Waals surface area contributed by atoms with Gasteiger partial charge in [0, 0.05) is 31.4 Å². The average molecular weight is 476 g/mol. The van der Waals surface area contributed by atoms with Crippen molar-refractivity contribution < 1.29 is 22.4 Å². The molecule has 2 atom stereocenters. The summed E-state index contributed by atoms with van der Waals surface area (Å²) in [6.07, 6.45) is 1.09.